The summed E-state index contributed by atoms with van der Waals surface area (Å²) in [5.74, 6) is -0.567. The number of rotatable bonds is 7. The molecule has 1 saturated heterocycles. The first kappa shape index (κ1) is 29.1. The molecule has 0 aliphatic carbocycles. The maximum absolute atomic E-state index is 15.1. The molecule has 0 aromatic heterocycles. The minimum atomic E-state index is -4.52. The van der Waals surface area contributed by atoms with Gasteiger partial charge < -0.3 is 19.5 Å². The van der Waals surface area contributed by atoms with Crippen molar-refractivity contribution in [1.82, 2.24) is 9.80 Å². The predicted molar refractivity (Wildman–Crippen MR) is 152 cm³/mol. The van der Waals surface area contributed by atoms with Crippen LogP contribution in [-0.4, -0.2) is 82.1 Å². The molecule has 42 heavy (non-hydrogen) atoms. The molecule has 5 rings (SSSR count). The number of amides is 2. The van der Waals surface area contributed by atoms with Gasteiger partial charge >= 0.3 is 0 Å². The quantitative estimate of drug-likeness (QED) is 0.438. The molecule has 2 amide bonds. The van der Waals surface area contributed by atoms with Crippen molar-refractivity contribution in [2.75, 3.05) is 39.2 Å². The highest BCUT2D eigenvalue weighted by atomic mass is 32.2. The molecule has 12 heteroatoms. The number of nitrogens with zero attached hydrogens (tertiary/aromatic N) is 4. The maximum atomic E-state index is 15.1. The van der Waals surface area contributed by atoms with Crippen molar-refractivity contribution < 1.29 is 32.6 Å². The van der Waals surface area contributed by atoms with E-state index in [1.807, 2.05) is 0 Å². The fourth-order valence-electron chi connectivity index (χ4n) is 5.89. The Balaban J connectivity index is 1.87. The van der Waals surface area contributed by atoms with Gasteiger partial charge in [0.1, 0.15) is 11.5 Å². The minimum Gasteiger partial charge on any atom is -0.497 e. The number of likely N-dealkylation sites (N-methyl/N-ethyl adjacent to an activating group) is 1. The average Bonchev–Trinajstić information content (AvgIpc) is 3.51. The molecule has 11 nitrogen and oxygen atoms in total. The zero-order valence-electron chi connectivity index (χ0n) is 23.5. The number of benzene rings is 3. The van der Waals surface area contributed by atoms with Crippen LogP contribution >= 0.6 is 0 Å². The summed E-state index contributed by atoms with van der Waals surface area (Å²) >= 11 is 0. The Bertz CT molecular complexity index is 1700. The van der Waals surface area contributed by atoms with Gasteiger partial charge in [0, 0.05) is 31.8 Å². The number of aliphatic hydroxyl groups is 1. The van der Waals surface area contributed by atoms with Crippen LogP contribution in [0.5, 0.6) is 11.5 Å². The van der Waals surface area contributed by atoms with Crippen LogP contribution in [0.1, 0.15) is 23.1 Å². The number of carbonyl (C=O) groups is 2. The number of nitriles is 1. The standard InChI is InChI=1S/C30H30N4O7S/c1-32(2)28(36)26-16-20(35)18-33(26)30(23-7-5-6-8-27(23)41-4)24-15-19(17-31)9-14-25(24)34(29(30)37)42(38,39)22-12-10-21(40-3)11-13-22/h5-15,20,26,35H,16,18H2,1-4H3. The largest absolute Gasteiger partial charge is 0.497 e. The number of fused-ring (bicyclic) bond motifs is 1. The summed E-state index contributed by atoms with van der Waals surface area (Å²) in [4.78, 5) is 31.3. The maximum Gasteiger partial charge on any atom is 0.271 e. The fraction of sp³-hybridized carbons (Fsp3) is 0.300. The highest BCUT2D eigenvalue weighted by Crippen LogP contribution is 2.54. The Morgan fingerprint density at radius 3 is 2.36 bits per heavy atom. The Kier molecular flexibility index (Phi) is 7.44. The van der Waals surface area contributed by atoms with E-state index in [1.165, 1.54) is 61.6 Å². The van der Waals surface area contributed by atoms with Gasteiger partial charge in [-0.2, -0.15) is 5.26 Å². The van der Waals surface area contributed by atoms with E-state index in [1.54, 1.807) is 43.3 Å². The number of carbonyl (C=O) groups excluding carboxylic acids is 2. The highest BCUT2D eigenvalue weighted by molar-refractivity contribution is 7.93. The minimum absolute atomic E-state index is 0.0136. The van der Waals surface area contributed by atoms with E-state index < -0.39 is 33.6 Å². The van der Waals surface area contributed by atoms with Gasteiger partial charge in [-0.1, -0.05) is 18.2 Å². The zero-order chi connectivity index (χ0) is 30.4. The van der Waals surface area contributed by atoms with Gasteiger partial charge in [-0.15, -0.1) is 0 Å². The van der Waals surface area contributed by atoms with Crippen molar-refractivity contribution in [2.24, 2.45) is 0 Å². The van der Waals surface area contributed by atoms with Crippen molar-refractivity contribution in [3.05, 3.63) is 83.4 Å². The molecule has 2 aliphatic heterocycles. The fourth-order valence-corrected chi connectivity index (χ4v) is 7.35. The number of anilines is 1. The third-order valence-corrected chi connectivity index (χ3v) is 9.47. The number of β-amino-alcohol motifs (C(OH)–C–C–N with tert-alkyl or cyclic N) is 1. The number of aliphatic hydroxyl groups excluding tert-OH is 1. The summed E-state index contributed by atoms with van der Waals surface area (Å²) in [5.41, 5.74) is -1.30. The number of methoxy groups -OCH3 is 2. The predicted octanol–water partition coefficient (Wildman–Crippen LogP) is 2.08. The van der Waals surface area contributed by atoms with Crippen LogP contribution in [0.15, 0.2) is 71.6 Å². The Morgan fingerprint density at radius 2 is 1.74 bits per heavy atom. The van der Waals surface area contributed by atoms with Crippen LogP contribution in [-0.2, 0) is 25.2 Å². The van der Waals surface area contributed by atoms with Crippen LogP contribution in [0.4, 0.5) is 5.69 Å². The van der Waals surface area contributed by atoms with Gasteiger partial charge in [0.15, 0.2) is 5.54 Å². The molecule has 2 aliphatic rings. The lowest BCUT2D eigenvalue weighted by molar-refractivity contribution is -0.138. The summed E-state index contributed by atoms with van der Waals surface area (Å²) in [6.45, 7) is -0.124. The van der Waals surface area contributed by atoms with Gasteiger partial charge in [0.05, 0.1) is 48.6 Å². The topological polar surface area (TPSA) is 140 Å². The van der Waals surface area contributed by atoms with Gasteiger partial charge in [-0.3, -0.25) is 14.5 Å². The zero-order valence-corrected chi connectivity index (χ0v) is 24.3. The number of ether oxygens (including phenoxy) is 2. The monoisotopic (exact) mass is 590 g/mol. The number of hydrogen-bond donors (Lipinski definition) is 1. The van der Waals surface area contributed by atoms with E-state index in [-0.39, 0.29) is 51.9 Å². The van der Waals surface area contributed by atoms with E-state index in [2.05, 4.69) is 6.07 Å². The first-order valence-corrected chi connectivity index (χ1v) is 14.5. The van der Waals surface area contributed by atoms with Crippen molar-refractivity contribution in [2.45, 2.75) is 29.0 Å². The molecular weight excluding hydrogens is 560 g/mol. The second kappa shape index (κ2) is 10.8. The second-order valence-electron chi connectivity index (χ2n) is 10.3. The molecule has 3 unspecified atom stereocenters. The summed E-state index contributed by atoms with van der Waals surface area (Å²) in [5, 5.41) is 20.7. The van der Waals surface area contributed by atoms with Crippen molar-refractivity contribution in [3.63, 3.8) is 0 Å². The first-order chi connectivity index (χ1) is 20.0. The average molecular weight is 591 g/mol. The number of likely N-dealkylation sites (tertiary alicyclic amines) is 1. The van der Waals surface area contributed by atoms with Crippen LogP contribution in [0.3, 0.4) is 0 Å². The van der Waals surface area contributed by atoms with E-state index in [0.717, 1.165) is 4.31 Å². The molecule has 3 aromatic carbocycles. The van der Waals surface area contributed by atoms with Crippen LogP contribution in [0.25, 0.3) is 0 Å². The Morgan fingerprint density at radius 1 is 1.05 bits per heavy atom. The van der Waals surface area contributed by atoms with E-state index in [4.69, 9.17) is 9.47 Å². The third kappa shape index (κ3) is 4.28. The normalized spacial score (nSPS) is 22.0. The molecule has 218 valence electrons. The second-order valence-corrected chi connectivity index (χ2v) is 12.1. The van der Waals surface area contributed by atoms with Crippen molar-refractivity contribution in [3.8, 4) is 17.6 Å². The molecule has 3 aromatic rings. The van der Waals surface area contributed by atoms with Crippen LogP contribution in [0, 0.1) is 11.3 Å². The first-order valence-electron chi connectivity index (χ1n) is 13.1. The molecule has 0 bridgehead atoms. The molecule has 0 saturated carbocycles. The molecule has 2 heterocycles. The lowest BCUT2D eigenvalue weighted by Gasteiger charge is -2.42. The summed E-state index contributed by atoms with van der Waals surface area (Å²) in [6.07, 6.45) is -0.979. The number of sulfonamides is 1. The molecular formula is C30H30N4O7S. The third-order valence-electron chi connectivity index (χ3n) is 7.76. The summed E-state index contributed by atoms with van der Waals surface area (Å²) in [6, 6.07) is 17.7. The molecule has 1 N–H and O–H groups in total. The van der Waals surface area contributed by atoms with Gasteiger partial charge in [-0.25, -0.2) is 12.7 Å². The Labute approximate surface area is 244 Å². The molecule has 3 atom stereocenters. The van der Waals surface area contributed by atoms with Gasteiger partial charge in [0.25, 0.3) is 15.9 Å². The lowest BCUT2D eigenvalue weighted by Crippen LogP contribution is -2.59. The van der Waals surface area contributed by atoms with E-state index in [9.17, 15) is 23.6 Å². The van der Waals surface area contributed by atoms with Crippen LogP contribution in [0.2, 0.25) is 0 Å². The smallest absolute Gasteiger partial charge is 0.271 e. The number of para-hydroxylation sites is 1. The molecule has 0 spiro atoms. The van der Waals surface area contributed by atoms with Crippen molar-refractivity contribution >= 4 is 27.5 Å². The summed E-state index contributed by atoms with van der Waals surface area (Å²) < 4.78 is 40.1. The molecule has 1 fully saturated rings. The van der Waals surface area contributed by atoms with Crippen LogP contribution < -0.4 is 13.8 Å². The van der Waals surface area contributed by atoms with E-state index in [0.29, 0.717) is 5.75 Å². The van der Waals surface area contributed by atoms with Gasteiger partial charge in [0.2, 0.25) is 5.91 Å². The highest BCUT2D eigenvalue weighted by Gasteiger charge is 2.63. The SMILES string of the molecule is COc1ccc(S(=O)(=O)N2C(=O)C(c3ccccc3OC)(N3CC(O)CC3C(=O)N(C)C)c3cc(C#N)ccc32)cc1. The van der Waals surface area contributed by atoms with Crippen molar-refractivity contribution in [1.29, 1.82) is 5.26 Å². The van der Waals surface area contributed by atoms with Gasteiger partial charge in [-0.05, 0) is 55.0 Å². The molecule has 0 radical (unpaired) electrons. The number of hydrogen-bond acceptors (Lipinski definition) is 9. The Hall–Kier alpha value is -4.44. The van der Waals surface area contributed by atoms with E-state index >= 15 is 4.79 Å². The summed E-state index contributed by atoms with van der Waals surface area (Å²) in [7, 11) is 1.49. The lowest BCUT2D eigenvalue weighted by atomic mass is 9.80.